The second-order valence-electron chi connectivity index (χ2n) is 3.68. The number of nitrogens with zero attached hydrogens (tertiary/aromatic N) is 1. The normalized spacial score (nSPS) is 13.2. The summed E-state index contributed by atoms with van der Waals surface area (Å²) in [6.45, 7) is 1.80. The number of rotatable bonds is 4. The average Bonchev–Trinajstić information content (AvgIpc) is 2.26. The highest BCUT2D eigenvalue weighted by Gasteiger charge is 2.27. The molecule has 0 saturated carbocycles. The number of benzene rings is 1. The van der Waals surface area contributed by atoms with Crippen LogP contribution in [0.1, 0.15) is 6.92 Å². The number of hydrogen-bond acceptors (Lipinski definition) is 3. The van der Waals surface area contributed by atoms with E-state index in [2.05, 4.69) is 0 Å². The molecule has 0 heterocycles. The summed E-state index contributed by atoms with van der Waals surface area (Å²) >= 11 is 5.57. The Bertz CT molecular complexity index is 511. The molecular weight excluding hydrogens is 302 g/mol. The van der Waals surface area contributed by atoms with Crippen molar-refractivity contribution in [1.82, 2.24) is 4.31 Å². The lowest BCUT2D eigenvalue weighted by Gasteiger charge is -2.23. The van der Waals surface area contributed by atoms with Crippen LogP contribution < -0.4 is 5.73 Å². The molecule has 1 aromatic carbocycles. The van der Waals surface area contributed by atoms with E-state index in [4.69, 9.17) is 17.3 Å². The monoisotopic (exact) mass is 316 g/mol. The lowest BCUT2D eigenvalue weighted by molar-refractivity contribution is 0.391. The maximum absolute atomic E-state index is 13.6. The van der Waals surface area contributed by atoms with Crippen LogP contribution in [0.2, 0.25) is 5.02 Å². The minimum Gasteiger partial charge on any atom is -0.329 e. The van der Waals surface area contributed by atoms with Gasteiger partial charge in [0.05, 0.1) is 0 Å². The third kappa shape index (κ3) is 3.55. The van der Waals surface area contributed by atoms with Crippen molar-refractivity contribution in [3.8, 4) is 0 Å². The van der Waals surface area contributed by atoms with E-state index in [1.807, 2.05) is 0 Å². The molecule has 18 heavy (non-hydrogen) atoms. The fourth-order valence-electron chi connectivity index (χ4n) is 1.22. The quantitative estimate of drug-likeness (QED) is 0.922. The van der Waals surface area contributed by atoms with E-state index in [0.717, 1.165) is 16.4 Å². The molecule has 0 aliphatic heterocycles. The molecule has 0 bridgehead atoms. The Kier molecular flexibility index (Phi) is 6.53. The average molecular weight is 317 g/mol. The Morgan fingerprint density at radius 1 is 1.50 bits per heavy atom. The molecule has 0 aliphatic carbocycles. The van der Waals surface area contributed by atoms with Gasteiger partial charge in [-0.15, -0.1) is 12.4 Å². The molecule has 1 unspecified atom stereocenters. The second kappa shape index (κ2) is 6.68. The molecule has 1 rings (SSSR count). The van der Waals surface area contributed by atoms with E-state index < -0.39 is 26.8 Å². The van der Waals surface area contributed by atoms with Gasteiger partial charge in [-0.25, -0.2) is 12.8 Å². The van der Waals surface area contributed by atoms with Crippen LogP contribution in [0, 0.1) is 5.82 Å². The van der Waals surface area contributed by atoms with Gasteiger partial charge in [0.25, 0.3) is 0 Å². The molecule has 4 nitrogen and oxygen atoms in total. The smallest absolute Gasteiger partial charge is 0.246 e. The van der Waals surface area contributed by atoms with Crippen LogP contribution >= 0.6 is 24.0 Å². The summed E-state index contributed by atoms with van der Waals surface area (Å²) in [6, 6.07) is 3.04. The van der Waals surface area contributed by atoms with Crippen molar-refractivity contribution in [2.45, 2.75) is 17.9 Å². The molecule has 0 saturated heterocycles. The summed E-state index contributed by atoms with van der Waals surface area (Å²) in [4.78, 5) is -0.398. The van der Waals surface area contributed by atoms with Gasteiger partial charge in [0.2, 0.25) is 10.0 Å². The molecule has 0 amide bonds. The van der Waals surface area contributed by atoms with Gasteiger partial charge in [0.1, 0.15) is 10.7 Å². The van der Waals surface area contributed by atoms with Gasteiger partial charge in [-0.2, -0.15) is 4.31 Å². The third-order valence-corrected chi connectivity index (χ3v) is 4.75. The Hall–Kier alpha value is -0.400. The molecule has 0 aromatic heterocycles. The van der Waals surface area contributed by atoms with Crippen LogP contribution in [-0.2, 0) is 10.0 Å². The van der Waals surface area contributed by atoms with Crippen molar-refractivity contribution in [2.24, 2.45) is 5.73 Å². The molecule has 8 heteroatoms. The topological polar surface area (TPSA) is 63.4 Å². The number of nitrogens with two attached hydrogens (primary N) is 1. The Labute approximate surface area is 117 Å². The first kappa shape index (κ1) is 17.6. The lowest BCUT2D eigenvalue weighted by atomic mass is 10.3. The van der Waals surface area contributed by atoms with Crippen LogP contribution in [0.5, 0.6) is 0 Å². The van der Waals surface area contributed by atoms with E-state index in [1.54, 1.807) is 6.92 Å². The predicted octanol–water partition coefficient (Wildman–Crippen LogP) is 1.87. The molecule has 0 radical (unpaired) electrons. The minimum absolute atomic E-state index is 0. The SMILES string of the molecule is CC(CN)N(C)S(=O)(=O)c1ccc(Cl)cc1F.Cl. The van der Waals surface area contributed by atoms with Crippen LogP contribution in [0.15, 0.2) is 23.1 Å². The maximum atomic E-state index is 13.6. The first-order valence-electron chi connectivity index (χ1n) is 4.94. The first-order chi connectivity index (χ1) is 7.80. The highest BCUT2D eigenvalue weighted by Crippen LogP contribution is 2.22. The van der Waals surface area contributed by atoms with Crippen molar-refractivity contribution in [3.05, 3.63) is 29.0 Å². The summed E-state index contributed by atoms with van der Waals surface area (Å²) in [7, 11) is -2.52. The fourth-order valence-corrected chi connectivity index (χ4v) is 2.80. The van der Waals surface area contributed by atoms with Gasteiger partial charge in [0, 0.05) is 24.7 Å². The van der Waals surface area contributed by atoms with Crippen LogP contribution in [-0.4, -0.2) is 32.4 Å². The Morgan fingerprint density at radius 3 is 2.50 bits per heavy atom. The molecule has 104 valence electrons. The summed E-state index contributed by atoms with van der Waals surface area (Å²) in [6.07, 6.45) is 0. The van der Waals surface area contributed by atoms with E-state index in [0.29, 0.717) is 0 Å². The summed E-state index contributed by atoms with van der Waals surface area (Å²) in [5.41, 5.74) is 5.39. The highest BCUT2D eigenvalue weighted by molar-refractivity contribution is 7.89. The molecular formula is C10H15Cl2FN2O2S. The van der Waals surface area contributed by atoms with Gasteiger partial charge >= 0.3 is 0 Å². The molecule has 0 spiro atoms. The lowest BCUT2D eigenvalue weighted by Crippen LogP contribution is -2.39. The van der Waals surface area contributed by atoms with Crippen LogP contribution in [0.25, 0.3) is 0 Å². The van der Waals surface area contributed by atoms with Crippen LogP contribution in [0.4, 0.5) is 4.39 Å². The molecule has 1 atom stereocenters. The fraction of sp³-hybridized carbons (Fsp3) is 0.400. The minimum atomic E-state index is -3.88. The van der Waals surface area contributed by atoms with Crippen molar-refractivity contribution < 1.29 is 12.8 Å². The molecule has 0 aliphatic rings. The second-order valence-corrected chi connectivity index (χ2v) is 6.08. The van der Waals surface area contributed by atoms with Gasteiger partial charge in [-0.3, -0.25) is 0 Å². The summed E-state index contributed by atoms with van der Waals surface area (Å²) in [5, 5.41) is 0.149. The predicted molar refractivity (Wildman–Crippen MR) is 72.1 cm³/mol. The number of sulfonamides is 1. The zero-order valence-electron chi connectivity index (χ0n) is 9.93. The van der Waals surface area contributed by atoms with Crippen molar-refractivity contribution >= 4 is 34.0 Å². The largest absolute Gasteiger partial charge is 0.329 e. The van der Waals surface area contributed by atoms with Gasteiger partial charge in [-0.05, 0) is 25.1 Å². The maximum Gasteiger partial charge on any atom is 0.246 e. The Balaban J connectivity index is 0.00000289. The van der Waals surface area contributed by atoms with Gasteiger partial charge in [0.15, 0.2) is 0 Å². The van der Waals surface area contributed by atoms with E-state index in [9.17, 15) is 12.8 Å². The highest BCUT2D eigenvalue weighted by atomic mass is 35.5. The van der Waals surface area contributed by atoms with Crippen LogP contribution in [0.3, 0.4) is 0 Å². The number of likely N-dealkylation sites (N-methyl/N-ethyl adjacent to an activating group) is 1. The number of hydrogen-bond donors (Lipinski definition) is 1. The van der Waals surface area contributed by atoms with Crippen molar-refractivity contribution in [1.29, 1.82) is 0 Å². The van der Waals surface area contributed by atoms with Crippen molar-refractivity contribution in [2.75, 3.05) is 13.6 Å². The van der Waals surface area contributed by atoms with Gasteiger partial charge in [-0.1, -0.05) is 11.6 Å². The zero-order valence-corrected chi connectivity index (χ0v) is 12.3. The van der Waals surface area contributed by atoms with E-state index >= 15 is 0 Å². The summed E-state index contributed by atoms with van der Waals surface area (Å²) in [5.74, 6) is -0.867. The molecule has 0 fully saturated rings. The summed E-state index contributed by atoms with van der Waals surface area (Å²) < 4.78 is 38.7. The standard InChI is InChI=1S/C10H14ClFN2O2S.ClH/c1-7(6-13)14(2)17(15,16)10-4-3-8(11)5-9(10)12;/h3-5,7H,6,13H2,1-2H3;1H. The van der Waals surface area contributed by atoms with E-state index in [1.165, 1.54) is 13.1 Å². The zero-order chi connectivity index (χ0) is 13.2. The third-order valence-electron chi connectivity index (χ3n) is 2.51. The first-order valence-corrected chi connectivity index (χ1v) is 6.75. The molecule has 1 aromatic rings. The Morgan fingerprint density at radius 2 is 2.06 bits per heavy atom. The van der Waals surface area contributed by atoms with Gasteiger partial charge < -0.3 is 5.73 Å². The number of halogens is 3. The van der Waals surface area contributed by atoms with Crippen molar-refractivity contribution in [3.63, 3.8) is 0 Å². The van der Waals surface area contributed by atoms with E-state index in [-0.39, 0.29) is 24.0 Å². The molecule has 2 N–H and O–H groups in total.